The van der Waals surface area contributed by atoms with Crippen molar-refractivity contribution in [3.63, 3.8) is 0 Å². The zero-order valence-electron chi connectivity index (χ0n) is 16.5. The second kappa shape index (κ2) is 5.12. The molecule has 1 nitrogen and oxygen atoms in total. The lowest BCUT2D eigenvalue weighted by molar-refractivity contribution is 0.527. The predicted octanol–water partition coefficient (Wildman–Crippen LogP) is 6.56. The molecule has 0 fully saturated rings. The van der Waals surface area contributed by atoms with Crippen LogP contribution in [0.3, 0.4) is 0 Å². The summed E-state index contributed by atoms with van der Waals surface area (Å²) >= 11 is 0. The van der Waals surface area contributed by atoms with Gasteiger partial charge in [-0.1, -0.05) is 65.0 Å². The first-order valence-electron chi connectivity index (χ1n) is 8.99. The Morgan fingerprint density at radius 3 is 1.92 bits per heavy atom. The van der Waals surface area contributed by atoms with Crippen molar-refractivity contribution in [1.29, 1.82) is 0 Å². The molecule has 0 amide bonds. The summed E-state index contributed by atoms with van der Waals surface area (Å²) in [4.78, 5) is 2.51. The van der Waals surface area contributed by atoms with E-state index in [2.05, 4.69) is 103 Å². The number of hydrogen-bond acceptors (Lipinski definition) is 1. The molecule has 0 aliphatic carbocycles. The molecule has 0 N–H and O–H groups in total. The molecule has 1 heteroatoms. The molecule has 0 unspecified atom stereocenters. The normalized spacial score (nSPS) is 16.6. The average molecular weight is 322 g/mol. The van der Waals surface area contributed by atoms with Crippen molar-refractivity contribution < 1.29 is 0 Å². The van der Waals surface area contributed by atoms with Gasteiger partial charge in [0.2, 0.25) is 0 Å². The third-order valence-electron chi connectivity index (χ3n) is 5.27. The molecule has 2 aromatic rings. The van der Waals surface area contributed by atoms with Gasteiger partial charge in [0.1, 0.15) is 0 Å². The van der Waals surface area contributed by atoms with E-state index in [0.717, 1.165) is 0 Å². The van der Waals surface area contributed by atoms with Crippen LogP contribution < -0.4 is 4.90 Å². The highest BCUT2D eigenvalue weighted by molar-refractivity contribution is 5.79. The van der Waals surface area contributed by atoms with Gasteiger partial charge in [-0.2, -0.15) is 0 Å². The van der Waals surface area contributed by atoms with Crippen LogP contribution >= 0.6 is 0 Å². The van der Waals surface area contributed by atoms with Gasteiger partial charge in [0.25, 0.3) is 0 Å². The fourth-order valence-electron chi connectivity index (χ4n) is 3.89. The van der Waals surface area contributed by atoms with Crippen LogP contribution in [0.2, 0.25) is 0 Å². The second-order valence-electron chi connectivity index (χ2n) is 9.63. The first kappa shape index (κ1) is 17.1. The zero-order valence-corrected chi connectivity index (χ0v) is 16.5. The number of benzene rings is 2. The third-order valence-corrected chi connectivity index (χ3v) is 5.27. The molecule has 0 bridgehead atoms. The van der Waals surface area contributed by atoms with E-state index in [-0.39, 0.29) is 16.4 Å². The van der Waals surface area contributed by atoms with Gasteiger partial charge < -0.3 is 4.90 Å². The highest BCUT2D eigenvalue weighted by Gasteiger charge is 2.40. The number of anilines is 2. The van der Waals surface area contributed by atoms with Crippen molar-refractivity contribution in [2.45, 2.75) is 71.8 Å². The van der Waals surface area contributed by atoms with E-state index in [0.29, 0.717) is 0 Å². The fraction of sp³-hybridized carbons (Fsp3) is 0.478. The minimum absolute atomic E-state index is 0.00887. The average Bonchev–Trinajstić information content (AvgIpc) is 2.45. The Labute approximate surface area is 147 Å². The van der Waals surface area contributed by atoms with Crippen LogP contribution in [0.25, 0.3) is 0 Å². The maximum atomic E-state index is 2.51. The van der Waals surface area contributed by atoms with Crippen LogP contribution in [0.15, 0.2) is 42.5 Å². The summed E-state index contributed by atoms with van der Waals surface area (Å²) in [6.45, 7) is 18.5. The molecule has 0 spiro atoms. The Bertz CT molecular complexity index is 769. The molecule has 128 valence electrons. The van der Waals surface area contributed by atoms with E-state index < -0.39 is 0 Å². The van der Waals surface area contributed by atoms with Gasteiger partial charge in [-0.3, -0.25) is 0 Å². The quantitative estimate of drug-likeness (QED) is 0.531. The fourth-order valence-corrected chi connectivity index (χ4v) is 3.89. The van der Waals surface area contributed by atoms with Crippen molar-refractivity contribution in [3.05, 3.63) is 59.2 Å². The molecule has 1 aliphatic heterocycles. The van der Waals surface area contributed by atoms with E-state index in [1.54, 1.807) is 0 Å². The van der Waals surface area contributed by atoms with Crippen molar-refractivity contribution in [3.8, 4) is 0 Å². The van der Waals surface area contributed by atoms with Gasteiger partial charge in [0.05, 0.1) is 0 Å². The minimum atomic E-state index is 0.00887. The highest BCUT2D eigenvalue weighted by Crippen LogP contribution is 2.51. The van der Waals surface area contributed by atoms with E-state index in [4.69, 9.17) is 0 Å². The van der Waals surface area contributed by atoms with Crippen LogP contribution in [0.5, 0.6) is 0 Å². The van der Waals surface area contributed by atoms with E-state index >= 15 is 0 Å². The van der Waals surface area contributed by atoms with Gasteiger partial charge in [0, 0.05) is 22.3 Å². The number of rotatable bonds is 0. The summed E-state index contributed by atoms with van der Waals surface area (Å²) in [7, 11) is 0. The van der Waals surface area contributed by atoms with Crippen LogP contribution in [0.4, 0.5) is 11.4 Å². The Morgan fingerprint density at radius 1 is 0.750 bits per heavy atom. The number of hydrogen-bond donors (Lipinski definition) is 0. The first-order chi connectivity index (χ1) is 10.9. The molecular formula is C23H31N. The Kier molecular flexibility index (Phi) is 3.64. The van der Waals surface area contributed by atoms with Gasteiger partial charge in [0.15, 0.2) is 0 Å². The van der Waals surface area contributed by atoms with Crippen molar-refractivity contribution in [2.75, 3.05) is 4.90 Å². The smallest absolute Gasteiger partial charge is 0.0457 e. The van der Waals surface area contributed by atoms with Crippen molar-refractivity contribution >= 4 is 11.4 Å². The van der Waals surface area contributed by atoms with Gasteiger partial charge >= 0.3 is 0 Å². The van der Waals surface area contributed by atoms with Gasteiger partial charge in [-0.05, 0) is 55.0 Å². The summed E-state index contributed by atoms with van der Waals surface area (Å²) in [5.41, 5.74) is 7.14. The molecule has 0 aromatic heterocycles. The number of nitrogens with zero attached hydrogens (tertiary/aromatic N) is 1. The van der Waals surface area contributed by atoms with Gasteiger partial charge in [-0.25, -0.2) is 0 Å². The third kappa shape index (κ3) is 2.55. The lowest BCUT2D eigenvalue weighted by Gasteiger charge is -2.48. The van der Waals surface area contributed by atoms with Crippen LogP contribution in [-0.2, 0) is 10.8 Å². The molecule has 2 aromatic carbocycles. The topological polar surface area (TPSA) is 3.24 Å². The SMILES string of the molecule is CC(C)(C)c1ccc2c(c1)C(C)(C)c1ccccc1N2C(C)(C)C. The van der Waals surface area contributed by atoms with E-state index in [9.17, 15) is 0 Å². The zero-order chi connectivity index (χ0) is 17.9. The molecule has 0 atom stereocenters. The standard InChI is InChI=1S/C23H31N/c1-21(2,3)16-13-14-20-18(15-16)23(7,8)17-11-9-10-12-19(17)24(20)22(4,5)6/h9-15H,1-8H3. The Balaban J connectivity index is 2.34. The molecule has 0 radical (unpaired) electrons. The predicted molar refractivity (Wildman–Crippen MR) is 106 cm³/mol. The van der Waals surface area contributed by atoms with E-state index in [1.807, 2.05) is 0 Å². The maximum Gasteiger partial charge on any atom is 0.0457 e. The molecule has 1 aliphatic rings. The summed E-state index contributed by atoms with van der Waals surface area (Å²) < 4.78 is 0. The molecule has 1 heterocycles. The molecular weight excluding hydrogens is 290 g/mol. The van der Waals surface area contributed by atoms with Crippen LogP contribution in [0, 0.1) is 0 Å². The van der Waals surface area contributed by atoms with Crippen molar-refractivity contribution in [2.24, 2.45) is 0 Å². The molecule has 0 saturated carbocycles. The van der Waals surface area contributed by atoms with Crippen LogP contribution in [-0.4, -0.2) is 5.54 Å². The van der Waals surface area contributed by atoms with Crippen LogP contribution in [0.1, 0.15) is 72.1 Å². The molecule has 3 rings (SSSR count). The lowest BCUT2D eigenvalue weighted by Crippen LogP contribution is -2.43. The monoisotopic (exact) mass is 321 g/mol. The Hall–Kier alpha value is -1.76. The number of para-hydroxylation sites is 1. The largest absolute Gasteiger partial charge is 0.336 e. The highest BCUT2D eigenvalue weighted by atomic mass is 15.2. The summed E-state index contributed by atoms with van der Waals surface area (Å²) in [5, 5.41) is 0. The lowest BCUT2D eigenvalue weighted by atomic mass is 9.71. The molecule has 0 saturated heterocycles. The Morgan fingerprint density at radius 2 is 1.33 bits per heavy atom. The van der Waals surface area contributed by atoms with Crippen molar-refractivity contribution in [1.82, 2.24) is 0 Å². The summed E-state index contributed by atoms with van der Waals surface area (Å²) in [6.07, 6.45) is 0. The van der Waals surface area contributed by atoms with E-state index in [1.165, 1.54) is 28.1 Å². The number of fused-ring (bicyclic) bond motifs is 2. The molecule has 24 heavy (non-hydrogen) atoms. The minimum Gasteiger partial charge on any atom is -0.336 e. The maximum absolute atomic E-state index is 2.51. The second-order valence-corrected chi connectivity index (χ2v) is 9.63. The summed E-state index contributed by atoms with van der Waals surface area (Å²) in [5.74, 6) is 0. The summed E-state index contributed by atoms with van der Waals surface area (Å²) in [6, 6.07) is 16.0. The van der Waals surface area contributed by atoms with Gasteiger partial charge in [-0.15, -0.1) is 0 Å². The first-order valence-corrected chi connectivity index (χ1v) is 8.99.